The highest BCUT2D eigenvalue weighted by molar-refractivity contribution is 6.33. The monoisotopic (exact) mass is 346 g/mol. The Kier molecular flexibility index (Phi) is 6.34. The number of rotatable bonds is 6. The van der Waals surface area contributed by atoms with Gasteiger partial charge in [-0.2, -0.15) is 0 Å². The molecule has 5 heteroatoms. The first-order valence-electron chi connectivity index (χ1n) is 8.93. The van der Waals surface area contributed by atoms with Crippen molar-refractivity contribution in [2.45, 2.75) is 58.8 Å². The van der Waals surface area contributed by atoms with Gasteiger partial charge in [-0.1, -0.05) is 31.4 Å². The van der Waals surface area contributed by atoms with E-state index in [0.717, 1.165) is 31.3 Å². The largest absolute Gasteiger partial charge is 0.504 e. The second-order valence-corrected chi connectivity index (χ2v) is 6.73. The Balaban J connectivity index is 2.46. The topological polar surface area (TPSA) is 80.7 Å². The molecule has 0 amide bonds. The molecule has 0 aliphatic heterocycles. The molecule has 2 aliphatic rings. The molecule has 0 aromatic carbocycles. The minimum atomic E-state index is -0.800. The highest BCUT2D eigenvalue weighted by Gasteiger charge is 2.40. The molecular weight excluding hydrogens is 320 g/mol. The molecule has 25 heavy (non-hydrogen) atoms. The van der Waals surface area contributed by atoms with Gasteiger partial charge in [0.15, 0.2) is 5.76 Å². The molecule has 1 unspecified atom stereocenters. The van der Waals surface area contributed by atoms with Crippen molar-refractivity contribution < 1.29 is 24.2 Å². The minimum absolute atomic E-state index is 0.0451. The molecule has 0 saturated carbocycles. The zero-order valence-electron chi connectivity index (χ0n) is 15.2. The minimum Gasteiger partial charge on any atom is -0.504 e. The van der Waals surface area contributed by atoms with Crippen LogP contribution >= 0.6 is 0 Å². The summed E-state index contributed by atoms with van der Waals surface area (Å²) in [7, 11) is 1.19. The van der Waals surface area contributed by atoms with E-state index in [-0.39, 0.29) is 22.6 Å². The molecule has 0 aromatic rings. The third kappa shape index (κ3) is 3.91. The van der Waals surface area contributed by atoms with Gasteiger partial charge in [-0.05, 0) is 39.0 Å². The van der Waals surface area contributed by atoms with Crippen LogP contribution in [0.1, 0.15) is 58.8 Å². The molecule has 1 atom stereocenters. The van der Waals surface area contributed by atoms with Gasteiger partial charge in [0.2, 0.25) is 11.6 Å². The first-order valence-corrected chi connectivity index (χ1v) is 8.93. The van der Waals surface area contributed by atoms with Crippen LogP contribution in [0.25, 0.3) is 0 Å². The summed E-state index contributed by atoms with van der Waals surface area (Å²) >= 11 is 0. The summed E-state index contributed by atoms with van der Waals surface area (Å²) in [5.41, 5.74) is 1.05. The van der Waals surface area contributed by atoms with Gasteiger partial charge in [0.05, 0.1) is 12.7 Å². The van der Waals surface area contributed by atoms with Crippen LogP contribution in [-0.4, -0.2) is 29.8 Å². The maximum atomic E-state index is 13.0. The highest BCUT2D eigenvalue weighted by Crippen LogP contribution is 2.36. The van der Waals surface area contributed by atoms with Gasteiger partial charge in [0.1, 0.15) is 5.57 Å². The summed E-state index contributed by atoms with van der Waals surface area (Å²) in [6.45, 7) is 3.99. The summed E-state index contributed by atoms with van der Waals surface area (Å²) in [4.78, 5) is 37.8. The van der Waals surface area contributed by atoms with E-state index in [1.165, 1.54) is 7.11 Å². The van der Waals surface area contributed by atoms with Gasteiger partial charge >= 0.3 is 5.97 Å². The van der Waals surface area contributed by atoms with Crippen molar-refractivity contribution in [2.24, 2.45) is 5.92 Å². The number of carbonyl (C=O) groups excluding carboxylic acids is 3. The molecule has 1 N–H and O–H groups in total. The Morgan fingerprint density at radius 3 is 2.60 bits per heavy atom. The van der Waals surface area contributed by atoms with Crippen molar-refractivity contribution in [3.8, 4) is 0 Å². The second kappa shape index (κ2) is 8.28. The molecular formula is C20H26O5. The normalized spacial score (nSPS) is 21.6. The smallest absolute Gasteiger partial charge is 0.342 e. The van der Waals surface area contributed by atoms with Crippen LogP contribution in [-0.2, 0) is 19.1 Å². The third-order valence-electron chi connectivity index (χ3n) is 4.88. The van der Waals surface area contributed by atoms with Crippen molar-refractivity contribution in [3.63, 3.8) is 0 Å². The van der Waals surface area contributed by atoms with Crippen LogP contribution in [0.5, 0.6) is 0 Å². The summed E-state index contributed by atoms with van der Waals surface area (Å²) in [6, 6.07) is 0. The van der Waals surface area contributed by atoms with E-state index in [1.807, 2.05) is 19.9 Å². The zero-order valence-corrected chi connectivity index (χ0v) is 15.2. The summed E-state index contributed by atoms with van der Waals surface area (Å²) < 4.78 is 4.75. The Morgan fingerprint density at radius 2 is 2.00 bits per heavy atom. The fourth-order valence-corrected chi connectivity index (χ4v) is 3.55. The molecule has 0 fully saturated rings. The zero-order chi connectivity index (χ0) is 18.6. The highest BCUT2D eigenvalue weighted by atomic mass is 16.5. The number of aliphatic hydroxyl groups is 1. The maximum Gasteiger partial charge on any atom is 0.342 e. The molecule has 0 spiro atoms. The van der Waals surface area contributed by atoms with Crippen molar-refractivity contribution in [1.82, 2.24) is 0 Å². The Bertz CT molecular complexity index is 678. The molecule has 2 aliphatic carbocycles. The van der Waals surface area contributed by atoms with Gasteiger partial charge in [0.25, 0.3) is 0 Å². The number of allylic oxidation sites excluding steroid dienone is 4. The number of esters is 1. The van der Waals surface area contributed by atoms with E-state index in [1.54, 1.807) is 0 Å². The number of carbonyl (C=O) groups is 3. The quantitative estimate of drug-likeness (QED) is 0.260. The predicted octanol–water partition coefficient (Wildman–Crippen LogP) is 3.75. The average molecular weight is 346 g/mol. The fraction of sp³-hybridized carbons (Fsp3) is 0.550. The molecule has 0 aromatic heterocycles. The Hall–Kier alpha value is -2.17. The summed E-state index contributed by atoms with van der Waals surface area (Å²) in [5.74, 6) is -2.80. The van der Waals surface area contributed by atoms with Crippen molar-refractivity contribution in [3.05, 3.63) is 34.1 Å². The van der Waals surface area contributed by atoms with Crippen LogP contribution < -0.4 is 0 Å². The number of Topliss-reactive ketones (excluding diaryl/α,β-unsaturated/α-hetero) is 2. The lowest BCUT2D eigenvalue weighted by atomic mass is 9.76. The third-order valence-corrected chi connectivity index (χ3v) is 4.88. The lowest BCUT2D eigenvalue weighted by Crippen LogP contribution is -2.32. The molecule has 0 saturated heterocycles. The standard InChI is InChI=1S/C20H26O5/c1-4-5-6-10-14-16(20(24)25-3)18(22)15(19(23)17(14)21)13-9-7-8-12(2)11-13/h11,13,23H,4-10H2,1-3H3. The summed E-state index contributed by atoms with van der Waals surface area (Å²) in [6.07, 6.45) is 7.20. The van der Waals surface area contributed by atoms with E-state index in [4.69, 9.17) is 4.74 Å². The molecule has 2 rings (SSSR count). The SMILES string of the molecule is CCCCCC1=C(C(=O)OC)C(=O)C(C2C=C(C)CCC2)=C(O)C1=O. The second-order valence-electron chi connectivity index (χ2n) is 6.73. The number of methoxy groups -OCH3 is 1. The number of aliphatic hydroxyl groups excluding tert-OH is 1. The van der Waals surface area contributed by atoms with Crippen molar-refractivity contribution in [1.29, 1.82) is 0 Å². The van der Waals surface area contributed by atoms with Gasteiger partial charge in [-0.15, -0.1) is 0 Å². The van der Waals surface area contributed by atoms with Crippen molar-refractivity contribution >= 4 is 17.5 Å². The number of hydrogen-bond donors (Lipinski definition) is 1. The van der Waals surface area contributed by atoms with Crippen molar-refractivity contribution in [2.75, 3.05) is 7.11 Å². The first-order chi connectivity index (χ1) is 11.9. The number of unbranched alkanes of at least 4 members (excludes halogenated alkanes) is 2. The maximum absolute atomic E-state index is 13.0. The van der Waals surface area contributed by atoms with E-state index in [9.17, 15) is 19.5 Å². The van der Waals surface area contributed by atoms with Gasteiger partial charge in [-0.25, -0.2) is 4.79 Å². The van der Waals surface area contributed by atoms with Crippen LogP contribution in [0.4, 0.5) is 0 Å². The van der Waals surface area contributed by atoms with Crippen LogP contribution in [0.15, 0.2) is 34.1 Å². The van der Waals surface area contributed by atoms with E-state index >= 15 is 0 Å². The van der Waals surface area contributed by atoms with E-state index in [2.05, 4.69) is 0 Å². The molecule has 0 bridgehead atoms. The average Bonchev–Trinajstić information content (AvgIpc) is 2.59. The summed E-state index contributed by atoms with van der Waals surface area (Å²) in [5, 5.41) is 10.4. The Morgan fingerprint density at radius 1 is 1.28 bits per heavy atom. The molecule has 5 nitrogen and oxygen atoms in total. The number of hydrogen-bond acceptors (Lipinski definition) is 5. The molecule has 0 radical (unpaired) electrons. The molecule has 0 heterocycles. The van der Waals surface area contributed by atoms with Crippen LogP contribution in [0.3, 0.4) is 0 Å². The van der Waals surface area contributed by atoms with Crippen LogP contribution in [0, 0.1) is 5.92 Å². The molecule has 136 valence electrons. The number of ketones is 2. The lowest BCUT2D eigenvalue weighted by molar-refractivity contribution is -0.138. The van der Waals surface area contributed by atoms with E-state index < -0.39 is 23.3 Å². The van der Waals surface area contributed by atoms with Gasteiger partial charge in [0, 0.05) is 11.5 Å². The van der Waals surface area contributed by atoms with Gasteiger partial charge in [-0.3, -0.25) is 9.59 Å². The lowest BCUT2D eigenvalue weighted by Gasteiger charge is -2.26. The number of ether oxygens (including phenoxy) is 1. The fourth-order valence-electron chi connectivity index (χ4n) is 3.55. The predicted molar refractivity (Wildman–Crippen MR) is 94.0 cm³/mol. The first kappa shape index (κ1) is 19.2. The Labute approximate surface area is 148 Å². The van der Waals surface area contributed by atoms with Gasteiger partial charge < -0.3 is 9.84 Å². The van der Waals surface area contributed by atoms with Crippen LogP contribution in [0.2, 0.25) is 0 Å². The van der Waals surface area contributed by atoms with E-state index in [0.29, 0.717) is 19.3 Å².